The van der Waals surface area contributed by atoms with E-state index in [-0.39, 0.29) is 31.1 Å². The normalized spacial score (nSPS) is 12.1. The molecule has 0 saturated heterocycles. The second kappa shape index (κ2) is 44.0. The summed E-state index contributed by atoms with van der Waals surface area (Å²) >= 11 is 0. The summed E-state index contributed by atoms with van der Waals surface area (Å²) in [6.07, 6.45) is 43.9. The van der Waals surface area contributed by atoms with Gasteiger partial charge in [-0.3, -0.25) is 14.4 Å². The number of carbonyl (C=O) groups excluding carboxylic acids is 3. The minimum Gasteiger partial charge on any atom is -0.462 e. The Kier molecular flexibility index (Phi) is 42.7. The summed E-state index contributed by atoms with van der Waals surface area (Å²) in [6.45, 7) is 11.3. The van der Waals surface area contributed by atoms with E-state index < -0.39 is 6.10 Å². The Morgan fingerprint density at radius 1 is 0.333 bits per heavy atom. The molecule has 6 heteroatoms. The molecule has 0 unspecified atom stereocenters. The van der Waals surface area contributed by atoms with E-state index in [1.807, 2.05) is 0 Å². The monoisotopic (exact) mass is 807 g/mol. The Morgan fingerprint density at radius 2 is 0.579 bits per heavy atom. The summed E-state index contributed by atoms with van der Waals surface area (Å²) < 4.78 is 16.7. The van der Waals surface area contributed by atoms with Crippen LogP contribution in [0.4, 0.5) is 0 Å². The predicted octanol–water partition coefficient (Wildman–Crippen LogP) is 16.1. The first kappa shape index (κ1) is 55.4. The number of unbranched alkanes of at least 4 members (excludes halogenated alkanes) is 30. The number of carbonyl (C=O) groups is 3. The van der Waals surface area contributed by atoms with Crippen molar-refractivity contribution in [3.8, 4) is 0 Å². The Labute approximate surface area is 355 Å². The zero-order valence-electron chi connectivity index (χ0n) is 39.0. The van der Waals surface area contributed by atoms with Gasteiger partial charge in [-0.15, -0.1) is 0 Å². The highest BCUT2D eigenvalue weighted by molar-refractivity contribution is 5.71. The standard InChI is InChI=1S/C51H98O6/c1-6-7-8-9-24-31-36-41-49(52)55-44-48(45-56-50(53)42-37-32-27-22-19-15-17-21-26-30-35-40-47(4)5)57-51(54)43-38-33-28-23-18-14-12-10-11-13-16-20-25-29-34-39-46(2)3/h46-48H,6-45H2,1-5H3/t48-/m1/s1. The van der Waals surface area contributed by atoms with Crippen molar-refractivity contribution in [1.29, 1.82) is 0 Å². The maximum absolute atomic E-state index is 12.8. The molecule has 0 aromatic heterocycles. The van der Waals surface area contributed by atoms with Crippen LogP contribution in [0, 0.1) is 11.8 Å². The minimum absolute atomic E-state index is 0.0643. The van der Waals surface area contributed by atoms with Crippen molar-refractivity contribution in [3.05, 3.63) is 0 Å². The molecule has 0 amide bonds. The van der Waals surface area contributed by atoms with Gasteiger partial charge in [0, 0.05) is 19.3 Å². The summed E-state index contributed by atoms with van der Waals surface area (Å²) in [6, 6.07) is 0. The minimum atomic E-state index is -0.760. The molecule has 57 heavy (non-hydrogen) atoms. The fourth-order valence-corrected chi connectivity index (χ4v) is 7.64. The van der Waals surface area contributed by atoms with Crippen molar-refractivity contribution in [2.24, 2.45) is 11.8 Å². The lowest BCUT2D eigenvalue weighted by Gasteiger charge is -2.18. The summed E-state index contributed by atoms with van der Waals surface area (Å²) in [5.74, 6) is 0.819. The van der Waals surface area contributed by atoms with Crippen molar-refractivity contribution < 1.29 is 28.6 Å². The van der Waals surface area contributed by atoms with Gasteiger partial charge in [-0.05, 0) is 31.1 Å². The van der Waals surface area contributed by atoms with Crippen molar-refractivity contribution >= 4 is 17.9 Å². The molecule has 0 aliphatic carbocycles. The van der Waals surface area contributed by atoms with Crippen LogP contribution in [0.5, 0.6) is 0 Å². The molecular formula is C51H98O6. The van der Waals surface area contributed by atoms with Gasteiger partial charge in [0.05, 0.1) is 0 Å². The van der Waals surface area contributed by atoms with Gasteiger partial charge in [0.25, 0.3) is 0 Å². The van der Waals surface area contributed by atoms with E-state index in [0.29, 0.717) is 19.3 Å². The molecule has 0 aromatic carbocycles. The molecule has 0 bridgehead atoms. The SMILES string of the molecule is CCCCCCCCCC(=O)OC[C@H](COC(=O)CCCCCCCCCCCCCC(C)C)OC(=O)CCCCCCCCCCCCCCCCCC(C)C. The number of rotatable bonds is 45. The van der Waals surface area contributed by atoms with Crippen molar-refractivity contribution in [2.75, 3.05) is 13.2 Å². The maximum Gasteiger partial charge on any atom is 0.306 e. The highest BCUT2D eigenvalue weighted by Gasteiger charge is 2.19. The van der Waals surface area contributed by atoms with Gasteiger partial charge in [-0.25, -0.2) is 0 Å². The van der Waals surface area contributed by atoms with Crippen LogP contribution in [0.1, 0.15) is 279 Å². The molecule has 0 heterocycles. The molecule has 0 rings (SSSR count). The van der Waals surface area contributed by atoms with E-state index in [9.17, 15) is 14.4 Å². The summed E-state index contributed by atoms with van der Waals surface area (Å²) in [4.78, 5) is 37.7. The number of ether oxygens (including phenoxy) is 3. The van der Waals surface area contributed by atoms with Gasteiger partial charge < -0.3 is 14.2 Å². The first-order valence-corrected chi connectivity index (χ1v) is 25.2. The van der Waals surface area contributed by atoms with Crippen LogP contribution in [-0.4, -0.2) is 37.2 Å². The van der Waals surface area contributed by atoms with Gasteiger partial charge in [0.15, 0.2) is 6.10 Å². The van der Waals surface area contributed by atoms with Gasteiger partial charge in [-0.2, -0.15) is 0 Å². The van der Waals surface area contributed by atoms with E-state index in [4.69, 9.17) is 14.2 Å². The molecule has 0 saturated carbocycles. The summed E-state index contributed by atoms with van der Waals surface area (Å²) in [7, 11) is 0. The van der Waals surface area contributed by atoms with Crippen LogP contribution < -0.4 is 0 Å². The average Bonchev–Trinajstić information content (AvgIpc) is 3.18. The van der Waals surface area contributed by atoms with Crippen molar-refractivity contribution in [2.45, 2.75) is 285 Å². The van der Waals surface area contributed by atoms with Crippen LogP contribution >= 0.6 is 0 Å². The van der Waals surface area contributed by atoms with Gasteiger partial charge in [0.1, 0.15) is 13.2 Å². The second-order valence-electron chi connectivity index (χ2n) is 18.4. The van der Waals surface area contributed by atoms with Crippen LogP contribution in [0.25, 0.3) is 0 Å². The molecule has 338 valence electrons. The van der Waals surface area contributed by atoms with Crippen LogP contribution in [-0.2, 0) is 28.6 Å². The van der Waals surface area contributed by atoms with Crippen molar-refractivity contribution in [3.63, 3.8) is 0 Å². The molecule has 0 aromatic rings. The fourth-order valence-electron chi connectivity index (χ4n) is 7.64. The molecule has 0 fully saturated rings. The van der Waals surface area contributed by atoms with Gasteiger partial charge >= 0.3 is 17.9 Å². The van der Waals surface area contributed by atoms with E-state index in [0.717, 1.165) is 69.6 Å². The fraction of sp³-hybridized carbons (Fsp3) is 0.941. The van der Waals surface area contributed by atoms with E-state index in [1.54, 1.807) is 0 Å². The average molecular weight is 807 g/mol. The van der Waals surface area contributed by atoms with Crippen LogP contribution in [0.3, 0.4) is 0 Å². The third kappa shape index (κ3) is 45.3. The first-order chi connectivity index (χ1) is 27.7. The lowest BCUT2D eigenvalue weighted by molar-refractivity contribution is -0.167. The number of hydrogen-bond donors (Lipinski definition) is 0. The second-order valence-corrected chi connectivity index (χ2v) is 18.4. The molecule has 0 radical (unpaired) electrons. The quantitative estimate of drug-likeness (QED) is 0.0346. The first-order valence-electron chi connectivity index (χ1n) is 25.2. The molecular weight excluding hydrogens is 709 g/mol. The third-order valence-electron chi connectivity index (χ3n) is 11.5. The predicted molar refractivity (Wildman–Crippen MR) is 243 cm³/mol. The zero-order chi connectivity index (χ0) is 41.9. The summed E-state index contributed by atoms with van der Waals surface area (Å²) in [5.41, 5.74) is 0. The smallest absolute Gasteiger partial charge is 0.306 e. The molecule has 0 aliphatic heterocycles. The Balaban J connectivity index is 4.20. The lowest BCUT2D eigenvalue weighted by atomic mass is 10.0. The highest BCUT2D eigenvalue weighted by Crippen LogP contribution is 2.17. The molecule has 0 N–H and O–H groups in total. The number of hydrogen-bond acceptors (Lipinski definition) is 6. The topological polar surface area (TPSA) is 78.9 Å². The highest BCUT2D eigenvalue weighted by atomic mass is 16.6. The largest absolute Gasteiger partial charge is 0.462 e. The molecule has 0 aliphatic rings. The van der Waals surface area contributed by atoms with Crippen LogP contribution in [0.2, 0.25) is 0 Å². The number of esters is 3. The van der Waals surface area contributed by atoms with Crippen LogP contribution in [0.15, 0.2) is 0 Å². The summed E-state index contributed by atoms with van der Waals surface area (Å²) in [5, 5.41) is 0. The maximum atomic E-state index is 12.8. The molecule has 0 spiro atoms. The van der Waals surface area contributed by atoms with E-state index in [2.05, 4.69) is 34.6 Å². The molecule has 1 atom stereocenters. The zero-order valence-corrected chi connectivity index (χ0v) is 39.0. The van der Waals surface area contributed by atoms with Gasteiger partial charge in [0.2, 0.25) is 0 Å². The Hall–Kier alpha value is -1.59. The Morgan fingerprint density at radius 3 is 0.860 bits per heavy atom. The Bertz CT molecular complexity index is 870. The van der Waals surface area contributed by atoms with Gasteiger partial charge in [-0.1, -0.05) is 240 Å². The van der Waals surface area contributed by atoms with E-state index in [1.165, 1.54) is 167 Å². The third-order valence-corrected chi connectivity index (χ3v) is 11.5. The van der Waals surface area contributed by atoms with Crippen molar-refractivity contribution in [1.82, 2.24) is 0 Å². The van der Waals surface area contributed by atoms with E-state index >= 15 is 0 Å². The lowest BCUT2D eigenvalue weighted by Crippen LogP contribution is -2.30. The molecule has 6 nitrogen and oxygen atoms in total.